The number of alkyl halides is 1. The molecule has 0 atom stereocenters. The number of hydrogen-bond donors (Lipinski definition) is 3. The van der Waals surface area contributed by atoms with Crippen molar-refractivity contribution in [2.24, 2.45) is 0 Å². The van der Waals surface area contributed by atoms with Crippen molar-refractivity contribution in [2.75, 3.05) is 4.43 Å². The van der Waals surface area contributed by atoms with Gasteiger partial charge in [0.2, 0.25) is 0 Å². The lowest BCUT2D eigenvalue weighted by atomic mass is 10.7. The molecule has 6 heavy (non-hydrogen) atoms. The van der Waals surface area contributed by atoms with Crippen LogP contribution in [0.3, 0.4) is 0 Å². The van der Waals surface area contributed by atoms with Crippen molar-refractivity contribution in [2.45, 2.75) is 5.97 Å². The molecular formula is C2H5IO3. The molecule has 38 valence electrons. The van der Waals surface area contributed by atoms with Gasteiger partial charge in [-0.3, -0.25) is 0 Å². The fourth-order valence-corrected chi connectivity index (χ4v) is 0. The van der Waals surface area contributed by atoms with Crippen LogP contribution in [0.15, 0.2) is 0 Å². The highest BCUT2D eigenvalue weighted by molar-refractivity contribution is 14.1. The van der Waals surface area contributed by atoms with Crippen LogP contribution < -0.4 is 0 Å². The summed E-state index contributed by atoms with van der Waals surface area (Å²) < 4.78 is -0.0925. The normalized spacial score (nSPS) is 12.0. The van der Waals surface area contributed by atoms with Crippen LogP contribution >= 0.6 is 22.6 Å². The standard InChI is InChI=1S/C2H5IO3/c3-1-2(4,5)6/h4-6H,1H2. The van der Waals surface area contributed by atoms with E-state index < -0.39 is 5.97 Å². The molecule has 0 amide bonds. The van der Waals surface area contributed by atoms with Crippen molar-refractivity contribution in [1.82, 2.24) is 0 Å². The Morgan fingerprint density at radius 2 is 1.50 bits per heavy atom. The Labute approximate surface area is 48.7 Å². The van der Waals surface area contributed by atoms with Gasteiger partial charge in [-0.05, 0) is 0 Å². The Morgan fingerprint density at radius 1 is 1.33 bits per heavy atom. The molecule has 0 aromatic rings. The van der Waals surface area contributed by atoms with E-state index in [1.807, 2.05) is 0 Å². The first-order chi connectivity index (χ1) is 2.56. The Hall–Kier alpha value is 0.610. The lowest BCUT2D eigenvalue weighted by molar-refractivity contribution is -0.291. The van der Waals surface area contributed by atoms with E-state index in [1.54, 1.807) is 22.6 Å². The second kappa shape index (κ2) is 2.06. The van der Waals surface area contributed by atoms with Gasteiger partial charge in [-0.25, -0.2) is 0 Å². The summed E-state index contributed by atoms with van der Waals surface area (Å²) in [6, 6.07) is 0. The second-order valence-electron chi connectivity index (χ2n) is 0.908. The van der Waals surface area contributed by atoms with Gasteiger partial charge in [0.15, 0.2) is 0 Å². The first-order valence-electron chi connectivity index (χ1n) is 1.29. The zero-order valence-electron chi connectivity index (χ0n) is 2.93. The fraction of sp³-hybridized carbons (Fsp3) is 1.00. The van der Waals surface area contributed by atoms with Crippen LogP contribution in [-0.2, 0) is 0 Å². The highest BCUT2D eigenvalue weighted by atomic mass is 127. The SMILES string of the molecule is OC(O)(O)CI. The Balaban J connectivity index is 3.17. The van der Waals surface area contributed by atoms with E-state index in [1.165, 1.54) is 0 Å². The summed E-state index contributed by atoms with van der Waals surface area (Å²) >= 11 is 1.64. The third-order valence-electron chi connectivity index (χ3n) is 0.179. The van der Waals surface area contributed by atoms with Gasteiger partial charge in [0.05, 0.1) is 4.43 Å². The highest BCUT2D eigenvalue weighted by Crippen LogP contribution is 1.96. The maximum Gasteiger partial charge on any atom is 0.284 e. The van der Waals surface area contributed by atoms with Crippen molar-refractivity contribution in [3.05, 3.63) is 0 Å². The third kappa shape index (κ3) is 4.61. The minimum atomic E-state index is -2.47. The molecule has 0 bridgehead atoms. The van der Waals surface area contributed by atoms with Gasteiger partial charge in [0.25, 0.3) is 5.97 Å². The molecule has 3 nitrogen and oxygen atoms in total. The highest BCUT2D eigenvalue weighted by Gasteiger charge is 2.13. The summed E-state index contributed by atoms with van der Waals surface area (Å²) in [5, 5.41) is 23.8. The lowest BCUT2D eigenvalue weighted by Gasteiger charge is -2.06. The predicted octanol–water partition coefficient (Wildman–Crippen LogP) is -0.948. The van der Waals surface area contributed by atoms with Crippen molar-refractivity contribution < 1.29 is 15.3 Å². The number of rotatable bonds is 1. The quantitative estimate of drug-likeness (QED) is 0.293. The largest absolute Gasteiger partial charge is 0.343 e. The van der Waals surface area contributed by atoms with Gasteiger partial charge in [0, 0.05) is 0 Å². The van der Waals surface area contributed by atoms with Crippen molar-refractivity contribution >= 4 is 22.6 Å². The van der Waals surface area contributed by atoms with Crippen LogP contribution in [0.5, 0.6) is 0 Å². The van der Waals surface area contributed by atoms with Crippen molar-refractivity contribution in [1.29, 1.82) is 0 Å². The number of halogens is 1. The fourth-order valence-electron chi connectivity index (χ4n) is 0. The van der Waals surface area contributed by atoms with Crippen LogP contribution in [-0.4, -0.2) is 25.7 Å². The van der Waals surface area contributed by atoms with Crippen LogP contribution in [0.25, 0.3) is 0 Å². The summed E-state index contributed by atoms with van der Waals surface area (Å²) in [6.07, 6.45) is 0. The number of hydrogen-bond acceptors (Lipinski definition) is 3. The smallest absolute Gasteiger partial charge is 0.284 e. The van der Waals surface area contributed by atoms with E-state index >= 15 is 0 Å². The number of aliphatic hydroxyl groups is 3. The van der Waals surface area contributed by atoms with Crippen molar-refractivity contribution in [3.63, 3.8) is 0 Å². The molecule has 0 heterocycles. The molecule has 0 fully saturated rings. The molecule has 0 saturated carbocycles. The molecule has 0 aliphatic heterocycles. The van der Waals surface area contributed by atoms with Gasteiger partial charge in [-0.2, -0.15) is 0 Å². The first-order valence-corrected chi connectivity index (χ1v) is 2.82. The van der Waals surface area contributed by atoms with E-state index in [-0.39, 0.29) is 4.43 Å². The maximum atomic E-state index is 7.93. The van der Waals surface area contributed by atoms with Gasteiger partial charge in [-0.15, -0.1) is 0 Å². The van der Waals surface area contributed by atoms with E-state index in [0.717, 1.165) is 0 Å². The molecule has 0 saturated heterocycles. The van der Waals surface area contributed by atoms with E-state index in [9.17, 15) is 0 Å². The predicted molar refractivity (Wildman–Crippen MR) is 28.3 cm³/mol. The summed E-state index contributed by atoms with van der Waals surface area (Å²) in [6.45, 7) is 0. The van der Waals surface area contributed by atoms with Crippen LogP contribution in [0, 0.1) is 0 Å². The molecule has 0 aliphatic rings. The first kappa shape index (κ1) is 6.61. The molecular weight excluding hydrogens is 199 g/mol. The van der Waals surface area contributed by atoms with Crippen LogP contribution in [0.2, 0.25) is 0 Å². The second-order valence-corrected chi connectivity index (χ2v) is 1.67. The average Bonchev–Trinajstić information content (AvgIpc) is 1.35. The van der Waals surface area contributed by atoms with E-state index in [4.69, 9.17) is 15.3 Å². The lowest BCUT2D eigenvalue weighted by Crippen LogP contribution is -2.28. The molecule has 3 N–H and O–H groups in total. The third-order valence-corrected chi connectivity index (χ3v) is 1.20. The molecule has 4 heteroatoms. The van der Waals surface area contributed by atoms with Crippen LogP contribution in [0.1, 0.15) is 0 Å². The zero-order valence-corrected chi connectivity index (χ0v) is 5.08. The maximum absolute atomic E-state index is 7.93. The van der Waals surface area contributed by atoms with Gasteiger partial charge < -0.3 is 15.3 Å². The Morgan fingerprint density at radius 3 is 1.50 bits per heavy atom. The van der Waals surface area contributed by atoms with Crippen LogP contribution in [0.4, 0.5) is 0 Å². The Kier molecular flexibility index (Phi) is 2.27. The summed E-state index contributed by atoms with van der Waals surface area (Å²) in [7, 11) is 0. The molecule has 0 rings (SSSR count). The molecule has 0 aromatic carbocycles. The summed E-state index contributed by atoms with van der Waals surface area (Å²) in [5.41, 5.74) is 0. The van der Waals surface area contributed by atoms with E-state index in [2.05, 4.69) is 0 Å². The zero-order chi connectivity index (χ0) is 5.21. The molecule has 0 unspecified atom stereocenters. The summed E-state index contributed by atoms with van der Waals surface area (Å²) in [4.78, 5) is 0. The monoisotopic (exact) mass is 204 g/mol. The van der Waals surface area contributed by atoms with Gasteiger partial charge >= 0.3 is 0 Å². The van der Waals surface area contributed by atoms with Crippen molar-refractivity contribution in [3.8, 4) is 0 Å². The summed E-state index contributed by atoms with van der Waals surface area (Å²) in [5.74, 6) is -2.47. The molecule has 0 aliphatic carbocycles. The minimum absolute atomic E-state index is 0.0925. The molecule has 0 aromatic heterocycles. The van der Waals surface area contributed by atoms with E-state index in [0.29, 0.717) is 0 Å². The molecule has 0 radical (unpaired) electrons. The minimum Gasteiger partial charge on any atom is -0.343 e. The van der Waals surface area contributed by atoms with Gasteiger partial charge in [0.1, 0.15) is 0 Å². The van der Waals surface area contributed by atoms with Gasteiger partial charge in [-0.1, -0.05) is 22.6 Å². The topological polar surface area (TPSA) is 60.7 Å². The Bertz CT molecular complexity index is 38.5. The average molecular weight is 204 g/mol. The molecule has 0 spiro atoms.